The van der Waals surface area contributed by atoms with Gasteiger partial charge in [-0.05, 0) is 85.3 Å². The Balaban J connectivity index is 1.39. The Morgan fingerprint density at radius 3 is 1.79 bits per heavy atom. The summed E-state index contributed by atoms with van der Waals surface area (Å²) < 4.78 is 12.2. The summed E-state index contributed by atoms with van der Waals surface area (Å²) in [5.74, 6) is 0. The third-order valence-electron chi connectivity index (χ3n) is 8.53. The number of benzene rings is 7. The molecule has 0 amide bonds. The van der Waals surface area contributed by atoms with Crippen molar-refractivity contribution in [2.75, 3.05) is 0 Å². The van der Waals surface area contributed by atoms with Gasteiger partial charge in [-0.15, -0.1) is 0 Å². The molecule has 9 rings (SSSR count). The van der Waals surface area contributed by atoms with Gasteiger partial charge < -0.3 is 8.83 Å². The number of fused-ring (bicyclic) bond motifs is 6. The Hall–Kier alpha value is -5.60. The van der Waals surface area contributed by atoms with Crippen LogP contribution in [0.1, 0.15) is 0 Å². The third-order valence-corrected chi connectivity index (χ3v) is 8.53. The van der Waals surface area contributed by atoms with Crippen LogP contribution in [-0.4, -0.2) is 0 Å². The van der Waals surface area contributed by atoms with E-state index in [0.29, 0.717) is 0 Å². The minimum absolute atomic E-state index is 0.864. The molecule has 0 saturated heterocycles. The molecular formula is C40H24O2. The molecule has 0 N–H and O–H groups in total. The quantitative estimate of drug-likeness (QED) is 0.210. The van der Waals surface area contributed by atoms with Crippen LogP contribution < -0.4 is 0 Å². The Morgan fingerprint density at radius 2 is 1.02 bits per heavy atom. The second-order valence-corrected chi connectivity index (χ2v) is 10.9. The summed E-state index contributed by atoms with van der Waals surface area (Å²) in [5.41, 5.74) is 9.89. The van der Waals surface area contributed by atoms with E-state index in [4.69, 9.17) is 8.83 Å². The molecule has 0 atom stereocenters. The van der Waals surface area contributed by atoms with E-state index in [0.717, 1.165) is 38.5 Å². The van der Waals surface area contributed by atoms with Crippen LogP contribution in [0.4, 0.5) is 0 Å². The van der Waals surface area contributed by atoms with Crippen LogP contribution in [0.5, 0.6) is 0 Å². The van der Waals surface area contributed by atoms with Crippen molar-refractivity contribution in [3.63, 3.8) is 0 Å². The molecule has 0 fully saturated rings. The fourth-order valence-electron chi connectivity index (χ4n) is 6.70. The Morgan fingerprint density at radius 1 is 0.381 bits per heavy atom. The van der Waals surface area contributed by atoms with Crippen LogP contribution in [0, 0.1) is 0 Å². The molecular weight excluding hydrogens is 512 g/mol. The lowest BCUT2D eigenvalue weighted by Gasteiger charge is -2.18. The van der Waals surface area contributed by atoms with Crippen LogP contribution in [-0.2, 0) is 0 Å². The molecule has 0 aliphatic rings. The zero-order chi connectivity index (χ0) is 27.6. The average molecular weight is 537 g/mol. The largest absolute Gasteiger partial charge is 0.464 e. The summed E-state index contributed by atoms with van der Waals surface area (Å²) in [5, 5.41) is 8.12. The molecule has 0 bridgehead atoms. The second-order valence-electron chi connectivity index (χ2n) is 10.9. The highest BCUT2D eigenvalue weighted by atomic mass is 16.3. The standard InChI is InChI=1S/C40H24O2/c1-2-10-25(11-3-1)26-12-8-13-28(22-26)38-29-14-4-6-16-31(29)39(32-17-7-5-15-30(32)38)33-18-9-19-35-40(33)34-24-36-27(20-21-41-36)23-37(34)42-35/h1-24H. The summed E-state index contributed by atoms with van der Waals surface area (Å²) in [6, 6.07) is 49.7. The van der Waals surface area contributed by atoms with Gasteiger partial charge in [0.05, 0.1) is 6.26 Å². The predicted octanol–water partition coefficient (Wildman–Crippen LogP) is 11.6. The lowest BCUT2D eigenvalue weighted by molar-refractivity contribution is 0.616. The van der Waals surface area contributed by atoms with Crippen molar-refractivity contribution >= 4 is 54.5 Å². The van der Waals surface area contributed by atoms with E-state index in [1.807, 2.05) is 6.07 Å². The first kappa shape index (κ1) is 23.1. The molecule has 196 valence electrons. The number of hydrogen-bond donors (Lipinski definition) is 0. The van der Waals surface area contributed by atoms with Gasteiger partial charge in [-0.1, -0.05) is 109 Å². The minimum atomic E-state index is 0.864. The molecule has 0 aliphatic heterocycles. The first-order valence-corrected chi connectivity index (χ1v) is 14.3. The fraction of sp³-hybridized carbons (Fsp3) is 0. The number of rotatable bonds is 3. The van der Waals surface area contributed by atoms with Gasteiger partial charge in [0.15, 0.2) is 0 Å². The van der Waals surface area contributed by atoms with Crippen LogP contribution in [0.3, 0.4) is 0 Å². The molecule has 0 unspecified atom stereocenters. The van der Waals surface area contributed by atoms with Gasteiger partial charge in [0.1, 0.15) is 16.7 Å². The normalized spacial score (nSPS) is 11.8. The molecule has 2 heteroatoms. The van der Waals surface area contributed by atoms with Crippen molar-refractivity contribution in [2.24, 2.45) is 0 Å². The summed E-state index contributed by atoms with van der Waals surface area (Å²) in [6.07, 6.45) is 1.74. The highest BCUT2D eigenvalue weighted by Crippen LogP contribution is 2.47. The van der Waals surface area contributed by atoms with Gasteiger partial charge in [0.25, 0.3) is 0 Å². The Bertz CT molecular complexity index is 2400. The zero-order valence-electron chi connectivity index (χ0n) is 22.7. The number of furan rings is 2. The summed E-state index contributed by atoms with van der Waals surface area (Å²) in [4.78, 5) is 0. The van der Waals surface area contributed by atoms with E-state index in [1.54, 1.807) is 6.26 Å². The monoisotopic (exact) mass is 536 g/mol. The van der Waals surface area contributed by atoms with Crippen LogP contribution in [0.25, 0.3) is 87.8 Å². The highest BCUT2D eigenvalue weighted by Gasteiger charge is 2.20. The lowest BCUT2D eigenvalue weighted by atomic mass is 9.84. The van der Waals surface area contributed by atoms with Crippen molar-refractivity contribution in [1.82, 2.24) is 0 Å². The molecule has 0 aliphatic carbocycles. The zero-order valence-corrected chi connectivity index (χ0v) is 22.7. The van der Waals surface area contributed by atoms with Gasteiger partial charge >= 0.3 is 0 Å². The first-order chi connectivity index (χ1) is 20.8. The van der Waals surface area contributed by atoms with E-state index in [1.165, 1.54) is 49.4 Å². The smallest absolute Gasteiger partial charge is 0.136 e. The SMILES string of the molecule is c1ccc(-c2cccc(-c3c4ccccc4c(-c4cccc5oc6cc7ccoc7cc6c45)c4ccccc34)c2)cc1. The summed E-state index contributed by atoms with van der Waals surface area (Å²) in [7, 11) is 0. The lowest BCUT2D eigenvalue weighted by Crippen LogP contribution is -1.91. The number of hydrogen-bond acceptors (Lipinski definition) is 2. The van der Waals surface area contributed by atoms with E-state index in [-0.39, 0.29) is 0 Å². The van der Waals surface area contributed by atoms with Gasteiger partial charge in [0, 0.05) is 16.2 Å². The van der Waals surface area contributed by atoms with Crippen LogP contribution >= 0.6 is 0 Å². The van der Waals surface area contributed by atoms with Crippen LogP contribution in [0.2, 0.25) is 0 Å². The average Bonchev–Trinajstić information content (AvgIpc) is 3.66. The maximum Gasteiger partial charge on any atom is 0.136 e. The van der Waals surface area contributed by atoms with E-state index in [9.17, 15) is 0 Å². The van der Waals surface area contributed by atoms with Crippen molar-refractivity contribution in [1.29, 1.82) is 0 Å². The Labute approximate surface area is 242 Å². The molecule has 0 saturated carbocycles. The molecule has 2 aromatic heterocycles. The van der Waals surface area contributed by atoms with Gasteiger partial charge in [-0.25, -0.2) is 0 Å². The van der Waals surface area contributed by atoms with Gasteiger partial charge in [0.2, 0.25) is 0 Å². The fourth-order valence-corrected chi connectivity index (χ4v) is 6.70. The van der Waals surface area contributed by atoms with Crippen molar-refractivity contribution in [2.45, 2.75) is 0 Å². The van der Waals surface area contributed by atoms with Crippen LogP contribution in [0.15, 0.2) is 155 Å². The first-order valence-electron chi connectivity index (χ1n) is 14.3. The highest BCUT2D eigenvalue weighted by molar-refractivity contribution is 6.26. The second kappa shape index (κ2) is 8.95. The molecule has 9 aromatic rings. The van der Waals surface area contributed by atoms with E-state index < -0.39 is 0 Å². The minimum Gasteiger partial charge on any atom is -0.464 e. The molecule has 2 heterocycles. The maximum absolute atomic E-state index is 6.42. The van der Waals surface area contributed by atoms with Crippen molar-refractivity contribution < 1.29 is 8.83 Å². The molecule has 0 spiro atoms. The molecule has 7 aromatic carbocycles. The van der Waals surface area contributed by atoms with E-state index in [2.05, 4.69) is 133 Å². The summed E-state index contributed by atoms with van der Waals surface area (Å²) >= 11 is 0. The molecule has 42 heavy (non-hydrogen) atoms. The Kier molecular flexibility index (Phi) is 4.93. The van der Waals surface area contributed by atoms with Gasteiger partial charge in [-0.2, -0.15) is 0 Å². The van der Waals surface area contributed by atoms with Gasteiger partial charge in [-0.3, -0.25) is 0 Å². The predicted molar refractivity (Wildman–Crippen MR) is 175 cm³/mol. The van der Waals surface area contributed by atoms with Crippen molar-refractivity contribution in [3.8, 4) is 33.4 Å². The van der Waals surface area contributed by atoms with E-state index >= 15 is 0 Å². The topological polar surface area (TPSA) is 26.3 Å². The van der Waals surface area contributed by atoms with Crippen molar-refractivity contribution in [3.05, 3.63) is 146 Å². The molecule has 2 nitrogen and oxygen atoms in total. The third kappa shape index (κ3) is 3.39. The summed E-state index contributed by atoms with van der Waals surface area (Å²) in [6.45, 7) is 0. The maximum atomic E-state index is 6.42. The molecule has 0 radical (unpaired) electrons.